The number of allylic oxidation sites excluding steroid dienone is 4. The minimum absolute atomic E-state index is 0.101. The normalized spacial score (nSPS) is 38.4. The van der Waals surface area contributed by atoms with Gasteiger partial charge >= 0.3 is 0 Å². The van der Waals surface area contributed by atoms with Crippen molar-refractivity contribution in [2.24, 2.45) is 10.8 Å². The monoisotopic (exact) mass is 131 g/mol. The summed E-state index contributed by atoms with van der Waals surface area (Å²) in [7, 11) is 0. The van der Waals surface area contributed by atoms with Crippen LogP contribution in [0.25, 0.3) is 0 Å². The zero-order chi connectivity index (χ0) is 7.24. The van der Waals surface area contributed by atoms with Gasteiger partial charge in [-0.2, -0.15) is 5.26 Å². The molecule has 1 atom stereocenters. The van der Waals surface area contributed by atoms with Crippen molar-refractivity contribution in [2.75, 3.05) is 0 Å². The van der Waals surface area contributed by atoms with E-state index in [0.717, 1.165) is 6.42 Å². The molecule has 50 valence electrons. The van der Waals surface area contributed by atoms with Crippen molar-refractivity contribution < 1.29 is 0 Å². The first-order valence-corrected chi connectivity index (χ1v) is 3.51. The third-order valence-corrected chi connectivity index (χ3v) is 2.69. The average Bonchev–Trinajstić information content (AvgIpc) is 2.28. The van der Waals surface area contributed by atoms with Gasteiger partial charge in [-0.1, -0.05) is 24.3 Å². The average molecular weight is 131 g/mol. The molecule has 0 aromatic rings. The molecule has 1 saturated carbocycles. The smallest absolute Gasteiger partial charge is 0.0699 e. The van der Waals surface area contributed by atoms with Crippen LogP contribution < -0.4 is 0 Å². The first-order chi connectivity index (χ1) is 4.72. The standard InChI is InChI=1S/C9H9N/c1-8(7-10)6-9(8)4-2-3-5-9/h2-5H,6H2,1H3. The minimum Gasteiger partial charge on any atom is -0.198 e. The molecular weight excluding hydrogens is 122 g/mol. The summed E-state index contributed by atoms with van der Waals surface area (Å²) < 4.78 is 0. The van der Waals surface area contributed by atoms with Crippen LogP contribution in [0.15, 0.2) is 24.3 Å². The van der Waals surface area contributed by atoms with Gasteiger partial charge in [-0.25, -0.2) is 0 Å². The lowest BCUT2D eigenvalue weighted by Crippen LogP contribution is -2.00. The molecule has 0 amide bonds. The number of hydrogen-bond donors (Lipinski definition) is 0. The molecule has 1 fully saturated rings. The molecule has 2 aliphatic carbocycles. The highest BCUT2D eigenvalue weighted by atomic mass is 14.6. The van der Waals surface area contributed by atoms with Gasteiger partial charge < -0.3 is 0 Å². The lowest BCUT2D eigenvalue weighted by atomic mass is 9.98. The van der Waals surface area contributed by atoms with Crippen molar-refractivity contribution in [2.45, 2.75) is 13.3 Å². The predicted molar refractivity (Wildman–Crippen MR) is 39.1 cm³/mol. The van der Waals surface area contributed by atoms with Gasteiger partial charge in [0.15, 0.2) is 0 Å². The van der Waals surface area contributed by atoms with Crippen molar-refractivity contribution >= 4 is 0 Å². The van der Waals surface area contributed by atoms with Gasteiger partial charge in [0, 0.05) is 5.41 Å². The highest BCUT2D eigenvalue weighted by Crippen LogP contribution is 2.66. The Balaban J connectivity index is 2.36. The van der Waals surface area contributed by atoms with Crippen LogP contribution in [0.2, 0.25) is 0 Å². The van der Waals surface area contributed by atoms with E-state index in [2.05, 4.69) is 18.2 Å². The molecule has 0 aromatic heterocycles. The zero-order valence-electron chi connectivity index (χ0n) is 5.96. The Morgan fingerprint density at radius 3 is 2.40 bits per heavy atom. The second-order valence-electron chi connectivity index (χ2n) is 3.38. The van der Waals surface area contributed by atoms with Gasteiger partial charge in [-0.3, -0.25) is 0 Å². The van der Waals surface area contributed by atoms with Crippen molar-refractivity contribution in [1.82, 2.24) is 0 Å². The topological polar surface area (TPSA) is 23.8 Å². The Bertz CT molecular complexity index is 255. The van der Waals surface area contributed by atoms with E-state index in [-0.39, 0.29) is 10.8 Å². The van der Waals surface area contributed by atoms with Crippen LogP contribution in [-0.4, -0.2) is 0 Å². The number of hydrogen-bond acceptors (Lipinski definition) is 1. The van der Waals surface area contributed by atoms with Gasteiger partial charge in [0.25, 0.3) is 0 Å². The van der Waals surface area contributed by atoms with E-state index in [1.54, 1.807) is 0 Å². The van der Waals surface area contributed by atoms with Crippen LogP contribution in [0.5, 0.6) is 0 Å². The third kappa shape index (κ3) is 0.432. The van der Waals surface area contributed by atoms with E-state index < -0.39 is 0 Å². The first kappa shape index (κ1) is 5.73. The molecular formula is C9H9N. The Morgan fingerprint density at radius 1 is 1.40 bits per heavy atom. The quantitative estimate of drug-likeness (QED) is 0.493. The summed E-state index contributed by atoms with van der Waals surface area (Å²) >= 11 is 0. The molecule has 2 rings (SSSR count). The molecule has 10 heavy (non-hydrogen) atoms. The highest BCUT2D eigenvalue weighted by Gasteiger charge is 2.62. The predicted octanol–water partition coefficient (Wildman–Crippen LogP) is 2.03. The maximum absolute atomic E-state index is 8.77. The van der Waals surface area contributed by atoms with Crippen LogP contribution in [0.1, 0.15) is 13.3 Å². The second kappa shape index (κ2) is 1.34. The summed E-state index contributed by atoms with van der Waals surface area (Å²) in [6.45, 7) is 2.02. The fraction of sp³-hybridized carbons (Fsp3) is 0.444. The molecule has 1 unspecified atom stereocenters. The molecule has 1 heteroatoms. The van der Waals surface area contributed by atoms with E-state index in [0.29, 0.717) is 0 Å². The Morgan fingerprint density at radius 2 is 2.00 bits per heavy atom. The molecule has 1 spiro atoms. The minimum atomic E-state index is -0.101. The SMILES string of the molecule is CC1(C#N)CC12C=CC=C2. The van der Waals surface area contributed by atoms with Crippen molar-refractivity contribution in [3.63, 3.8) is 0 Å². The van der Waals surface area contributed by atoms with Crippen LogP contribution in [0.4, 0.5) is 0 Å². The summed E-state index contributed by atoms with van der Waals surface area (Å²) in [4.78, 5) is 0. The fourth-order valence-electron chi connectivity index (χ4n) is 1.68. The largest absolute Gasteiger partial charge is 0.198 e. The summed E-state index contributed by atoms with van der Waals surface area (Å²) in [5, 5.41) is 8.77. The molecule has 0 heterocycles. The molecule has 1 nitrogen and oxygen atoms in total. The number of rotatable bonds is 0. The van der Waals surface area contributed by atoms with Crippen LogP contribution in [-0.2, 0) is 0 Å². The maximum atomic E-state index is 8.77. The summed E-state index contributed by atoms with van der Waals surface area (Å²) in [5.74, 6) is 0. The van der Waals surface area contributed by atoms with Crippen LogP contribution >= 0.6 is 0 Å². The lowest BCUT2D eigenvalue weighted by Gasteiger charge is -2.03. The van der Waals surface area contributed by atoms with Gasteiger partial charge in [0.1, 0.15) is 0 Å². The summed E-state index contributed by atoms with van der Waals surface area (Å²) in [6.07, 6.45) is 9.33. The van der Waals surface area contributed by atoms with Gasteiger partial charge in [-0.05, 0) is 13.3 Å². The third-order valence-electron chi connectivity index (χ3n) is 2.69. The van der Waals surface area contributed by atoms with Gasteiger partial charge in [0.05, 0.1) is 11.5 Å². The molecule has 0 bridgehead atoms. The molecule has 0 radical (unpaired) electrons. The van der Waals surface area contributed by atoms with E-state index in [4.69, 9.17) is 5.26 Å². The van der Waals surface area contributed by atoms with Gasteiger partial charge in [-0.15, -0.1) is 0 Å². The van der Waals surface area contributed by atoms with E-state index in [1.165, 1.54) is 0 Å². The molecule has 0 N–H and O–H groups in total. The number of nitriles is 1. The van der Waals surface area contributed by atoms with Gasteiger partial charge in [0.2, 0.25) is 0 Å². The second-order valence-corrected chi connectivity index (χ2v) is 3.38. The highest BCUT2D eigenvalue weighted by molar-refractivity contribution is 5.41. The summed E-state index contributed by atoms with van der Waals surface area (Å²) in [5.41, 5.74) is 0.0260. The summed E-state index contributed by atoms with van der Waals surface area (Å²) in [6, 6.07) is 2.35. The number of nitrogens with zero attached hydrogens (tertiary/aromatic N) is 1. The Labute approximate surface area is 60.7 Å². The van der Waals surface area contributed by atoms with E-state index >= 15 is 0 Å². The Kier molecular flexibility index (Phi) is 0.771. The molecule has 0 saturated heterocycles. The molecule has 0 aromatic carbocycles. The Hall–Kier alpha value is -1.03. The van der Waals surface area contributed by atoms with Crippen LogP contribution in [0, 0.1) is 22.2 Å². The van der Waals surface area contributed by atoms with E-state index in [1.807, 2.05) is 19.1 Å². The fourth-order valence-corrected chi connectivity index (χ4v) is 1.68. The molecule has 2 aliphatic rings. The zero-order valence-corrected chi connectivity index (χ0v) is 5.96. The lowest BCUT2D eigenvalue weighted by molar-refractivity contribution is 0.630. The van der Waals surface area contributed by atoms with Crippen molar-refractivity contribution in [1.29, 1.82) is 5.26 Å². The first-order valence-electron chi connectivity index (χ1n) is 3.51. The maximum Gasteiger partial charge on any atom is 0.0699 e. The van der Waals surface area contributed by atoms with E-state index in [9.17, 15) is 0 Å². The van der Waals surface area contributed by atoms with Crippen molar-refractivity contribution in [3.05, 3.63) is 24.3 Å². The van der Waals surface area contributed by atoms with Crippen LogP contribution in [0.3, 0.4) is 0 Å². The molecule has 0 aliphatic heterocycles. The van der Waals surface area contributed by atoms with Crippen molar-refractivity contribution in [3.8, 4) is 6.07 Å².